The van der Waals surface area contributed by atoms with Gasteiger partial charge in [0.25, 0.3) is 0 Å². The second-order valence-corrected chi connectivity index (χ2v) is 9.68. The van der Waals surface area contributed by atoms with Gasteiger partial charge in [-0.25, -0.2) is 5.43 Å². The van der Waals surface area contributed by atoms with Crippen molar-refractivity contribution < 1.29 is 14.3 Å². The van der Waals surface area contributed by atoms with Crippen LogP contribution in [0.2, 0.25) is 15.1 Å². The number of carbonyl (C=O) groups is 2. The van der Waals surface area contributed by atoms with Gasteiger partial charge in [-0.3, -0.25) is 9.59 Å². The van der Waals surface area contributed by atoms with Gasteiger partial charge >= 0.3 is 0 Å². The van der Waals surface area contributed by atoms with E-state index in [4.69, 9.17) is 39.5 Å². The summed E-state index contributed by atoms with van der Waals surface area (Å²) in [5.74, 6) is -0.148. The summed E-state index contributed by atoms with van der Waals surface area (Å²) in [6.45, 7) is 2.10. The Kier molecular flexibility index (Phi) is 9.98. The molecule has 10 heteroatoms. The third-order valence-electron chi connectivity index (χ3n) is 4.80. The summed E-state index contributed by atoms with van der Waals surface area (Å²) >= 11 is 21.6. The first kappa shape index (κ1) is 27.0. The second-order valence-electron chi connectivity index (χ2n) is 7.51. The number of ether oxygens (including phenoxy) is 1. The van der Waals surface area contributed by atoms with E-state index in [1.165, 1.54) is 6.21 Å². The Morgan fingerprint density at radius 1 is 0.971 bits per heavy atom. The summed E-state index contributed by atoms with van der Waals surface area (Å²) < 4.78 is 6.71. The molecule has 0 fully saturated rings. The second kappa shape index (κ2) is 12.9. The summed E-state index contributed by atoms with van der Waals surface area (Å²) in [6, 6.07) is 15.8. The van der Waals surface area contributed by atoms with E-state index >= 15 is 0 Å². The molecule has 0 aromatic heterocycles. The van der Waals surface area contributed by atoms with E-state index in [-0.39, 0.29) is 25.4 Å². The van der Waals surface area contributed by atoms with Gasteiger partial charge in [-0.2, -0.15) is 5.10 Å². The zero-order valence-electron chi connectivity index (χ0n) is 18.6. The molecule has 35 heavy (non-hydrogen) atoms. The Morgan fingerprint density at radius 2 is 1.74 bits per heavy atom. The molecule has 0 atom stereocenters. The summed E-state index contributed by atoms with van der Waals surface area (Å²) in [5.41, 5.74) is 5.33. The van der Waals surface area contributed by atoms with E-state index < -0.39 is 5.91 Å². The van der Waals surface area contributed by atoms with Crippen LogP contribution in [0.4, 0.5) is 5.69 Å². The highest BCUT2D eigenvalue weighted by atomic mass is 79.9. The minimum absolute atomic E-state index is 0.0000530. The average Bonchev–Trinajstić information content (AvgIpc) is 2.80. The Balaban J connectivity index is 1.52. The zero-order chi connectivity index (χ0) is 25.4. The molecule has 0 radical (unpaired) electrons. The monoisotopic (exact) mass is 595 g/mol. The third kappa shape index (κ3) is 8.54. The Labute approximate surface area is 226 Å². The smallest absolute Gasteiger partial charge is 0.240 e. The SMILES string of the molecule is Cc1ccc(NC(=O)CCC(=O)NN=Cc2cc(Br)ccc2OCc2ccc(Cl)cc2Cl)cc1Cl. The molecule has 0 aliphatic carbocycles. The number of aryl methyl sites for hydroxylation is 1. The number of halogens is 4. The average molecular weight is 598 g/mol. The van der Waals surface area contributed by atoms with E-state index in [1.807, 2.05) is 19.1 Å². The quantitative estimate of drug-likeness (QED) is 0.203. The van der Waals surface area contributed by atoms with Crippen LogP contribution in [0.25, 0.3) is 0 Å². The van der Waals surface area contributed by atoms with Crippen molar-refractivity contribution in [2.45, 2.75) is 26.4 Å². The van der Waals surface area contributed by atoms with Crippen LogP contribution >= 0.6 is 50.7 Å². The van der Waals surface area contributed by atoms with Crippen LogP contribution in [-0.4, -0.2) is 18.0 Å². The maximum atomic E-state index is 12.1. The van der Waals surface area contributed by atoms with Crippen LogP contribution in [0.3, 0.4) is 0 Å². The maximum absolute atomic E-state index is 12.1. The predicted octanol–water partition coefficient (Wildman–Crippen LogP) is 7.17. The number of anilines is 1. The molecular formula is C25H21BrCl3N3O3. The number of benzene rings is 3. The molecule has 182 valence electrons. The minimum Gasteiger partial charge on any atom is -0.488 e. The largest absolute Gasteiger partial charge is 0.488 e. The maximum Gasteiger partial charge on any atom is 0.240 e. The van der Waals surface area contributed by atoms with E-state index in [0.29, 0.717) is 32.1 Å². The van der Waals surface area contributed by atoms with Gasteiger partial charge in [0.05, 0.1) is 6.21 Å². The Hall–Kier alpha value is -2.58. The van der Waals surface area contributed by atoms with Gasteiger partial charge in [-0.15, -0.1) is 0 Å². The van der Waals surface area contributed by atoms with Crippen molar-refractivity contribution in [3.05, 3.63) is 90.8 Å². The fourth-order valence-electron chi connectivity index (χ4n) is 2.90. The molecule has 3 aromatic carbocycles. The molecule has 0 aliphatic heterocycles. The fourth-order valence-corrected chi connectivity index (χ4v) is 3.92. The predicted molar refractivity (Wildman–Crippen MR) is 145 cm³/mol. The number of rotatable bonds is 9. The van der Waals surface area contributed by atoms with E-state index in [1.54, 1.807) is 42.5 Å². The van der Waals surface area contributed by atoms with E-state index in [0.717, 1.165) is 15.6 Å². The summed E-state index contributed by atoms with van der Waals surface area (Å²) in [4.78, 5) is 24.2. The number of nitrogens with one attached hydrogen (secondary N) is 2. The number of hydrazone groups is 1. The molecule has 0 saturated carbocycles. The van der Waals surface area contributed by atoms with E-state index in [9.17, 15) is 9.59 Å². The molecule has 0 heterocycles. The van der Waals surface area contributed by atoms with Crippen LogP contribution in [-0.2, 0) is 16.2 Å². The highest BCUT2D eigenvalue weighted by Crippen LogP contribution is 2.26. The van der Waals surface area contributed by atoms with Gasteiger partial charge in [0.1, 0.15) is 12.4 Å². The lowest BCUT2D eigenvalue weighted by Crippen LogP contribution is -2.20. The topological polar surface area (TPSA) is 79.8 Å². The van der Waals surface area contributed by atoms with Gasteiger partial charge in [0.15, 0.2) is 0 Å². The van der Waals surface area contributed by atoms with Crippen LogP contribution < -0.4 is 15.5 Å². The molecule has 2 amide bonds. The normalized spacial score (nSPS) is 10.9. The third-order valence-corrected chi connectivity index (χ3v) is 6.29. The minimum atomic E-state index is -0.399. The first-order chi connectivity index (χ1) is 16.7. The molecule has 6 nitrogen and oxygen atoms in total. The lowest BCUT2D eigenvalue weighted by Gasteiger charge is -2.11. The molecular weight excluding hydrogens is 577 g/mol. The van der Waals surface area contributed by atoms with Crippen molar-refractivity contribution in [1.82, 2.24) is 5.43 Å². The first-order valence-corrected chi connectivity index (χ1v) is 12.4. The van der Waals surface area contributed by atoms with Crippen molar-refractivity contribution in [3.63, 3.8) is 0 Å². The standard InChI is InChI=1S/C25H21BrCl3N3O3/c1-15-2-6-20(12-21(15)28)31-24(33)8-9-25(34)32-30-13-17-10-18(26)4-7-23(17)35-14-16-3-5-19(27)11-22(16)29/h2-7,10-13H,8-9,14H2,1H3,(H,31,33)(H,32,34). The molecule has 0 saturated heterocycles. The van der Waals surface area contributed by atoms with Gasteiger partial charge in [0, 0.05) is 49.2 Å². The van der Waals surface area contributed by atoms with Gasteiger partial charge in [-0.1, -0.05) is 62.9 Å². The van der Waals surface area contributed by atoms with Crippen molar-refractivity contribution in [2.75, 3.05) is 5.32 Å². The molecule has 3 aromatic rings. The van der Waals surface area contributed by atoms with Gasteiger partial charge in [-0.05, 0) is 55.0 Å². The van der Waals surface area contributed by atoms with Crippen molar-refractivity contribution in [3.8, 4) is 5.75 Å². The Bertz CT molecular complexity index is 1270. The highest BCUT2D eigenvalue weighted by Gasteiger charge is 2.09. The lowest BCUT2D eigenvalue weighted by atomic mass is 10.2. The van der Waals surface area contributed by atoms with Crippen LogP contribution in [0.1, 0.15) is 29.5 Å². The number of amides is 2. The first-order valence-electron chi connectivity index (χ1n) is 10.5. The number of hydrogen-bond acceptors (Lipinski definition) is 4. The molecule has 0 bridgehead atoms. The summed E-state index contributed by atoms with van der Waals surface area (Å²) in [5, 5.41) is 8.32. The lowest BCUT2D eigenvalue weighted by molar-refractivity contribution is -0.124. The number of nitrogens with zero attached hydrogens (tertiary/aromatic N) is 1. The van der Waals surface area contributed by atoms with Crippen molar-refractivity contribution in [2.24, 2.45) is 5.10 Å². The molecule has 0 spiro atoms. The van der Waals surface area contributed by atoms with Crippen LogP contribution in [0, 0.1) is 6.92 Å². The van der Waals surface area contributed by atoms with Gasteiger partial charge in [0.2, 0.25) is 11.8 Å². The van der Waals surface area contributed by atoms with Crippen molar-refractivity contribution >= 4 is 74.4 Å². The van der Waals surface area contributed by atoms with Crippen LogP contribution in [0.15, 0.2) is 64.2 Å². The highest BCUT2D eigenvalue weighted by molar-refractivity contribution is 9.10. The summed E-state index contributed by atoms with van der Waals surface area (Å²) in [7, 11) is 0. The van der Waals surface area contributed by atoms with Gasteiger partial charge < -0.3 is 10.1 Å². The number of carbonyl (C=O) groups excluding carboxylic acids is 2. The molecule has 0 unspecified atom stereocenters. The van der Waals surface area contributed by atoms with Crippen LogP contribution in [0.5, 0.6) is 5.75 Å². The summed E-state index contributed by atoms with van der Waals surface area (Å²) in [6.07, 6.45) is 1.44. The van der Waals surface area contributed by atoms with Crippen molar-refractivity contribution in [1.29, 1.82) is 0 Å². The van der Waals surface area contributed by atoms with E-state index in [2.05, 4.69) is 31.8 Å². The fraction of sp³-hybridized carbons (Fsp3) is 0.160. The zero-order valence-corrected chi connectivity index (χ0v) is 22.4. The molecule has 3 rings (SSSR count). The Morgan fingerprint density at radius 3 is 2.49 bits per heavy atom. The number of hydrogen-bond donors (Lipinski definition) is 2. The molecule has 2 N–H and O–H groups in total. The molecule has 0 aliphatic rings.